The lowest BCUT2D eigenvalue weighted by atomic mass is 10.8. The molecular formula is C2H10O13P4. The van der Waals surface area contributed by atoms with Gasteiger partial charge in [0.25, 0.3) is 5.08 Å². The molecule has 0 fully saturated rings. The van der Waals surface area contributed by atoms with Crippen molar-refractivity contribution in [2.45, 2.75) is 10.5 Å². The van der Waals surface area contributed by atoms with Gasteiger partial charge < -0.3 is 44.3 Å². The molecule has 0 saturated carbocycles. The van der Waals surface area contributed by atoms with Crippen LogP contribution in [0.4, 0.5) is 0 Å². The Balaban J connectivity index is 6.63. The van der Waals surface area contributed by atoms with E-state index in [1.165, 1.54) is 0 Å². The van der Waals surface area contributed by atoms with Crippen molar-refractivity contribution in [3.05, 3.63) is 0 Å². The molecule has 0 unspecified atom stereocenters. The molecule has 0 aliphatic carbocycles. The van der Waals surface area contributed by atoms with Crippen molar-refractivity contribution in [1.29, 1.82) is 0 Å². The first-order valence-corrected chi connectivity index (χ1v) is 10.4. The fourth-order valence-electron chi connectivity index (χ4n) is 1.12. The van der Waals surface area contributed by atoms with E-state index in [9.17, 15) is 23.4 Å². The molecule has 0 atom stereocenters. The van der Waals surface area contributed by atoms with Crippen LogP contribution in [-0.2, 0) is 18.3 Å². The summed E-state index contributed by atoms with van der Waals surface area (Å²) in [4.78, 5) is 69.2. The third-order valence-corrected chi connectivity index (χ3v) is 10.3. The Hall–Kier alpha value is 0.560. The van der Waals surface area contributed by atoms with Gasteiger partial charge in [0.05, 0.1) is 0 Å². The van der Waals surface area contributed by atoms with Crippen LogP contribution in [0.25, 0.3) is 0 Å². The van der Waals surface area contributed by atoms with Crippen LogP contribution in [-0.4, -0.2) is 54.7 Å². The van der Waals surface area contributed by atoms with Crippen molar-refractivity contribution in [3.8, 4) is 0 Å². The average Bonchev–Trinajstić information content (AvgIpc) is 1.92. The summed E-state index contributed by atoms with van der Waals surface area (Å²) in [6, 6.07) is 0. The zero-order valence-corrected chi connectivity index (χ0v) is 12.1. The number of rotatable bonds is 5. The summed E-state index contributed by atoms with van der Waals surface area (Å²) in [7, 11) is -25.3. The Morgan fingerprint density at radius 3 is 0.895 bits per heavy atom. The van der Waals surface area contributed by atoms with Gasteiger partial charge in [0.15, 0.2) is 0 Å². The Labute approximate surface area is 104 Å². The Bertz CT molecular complexity index is 479. The van der Waals surface area contributed by atoms with E-state index in [4.69, 9.17) is 39.1 Å². The zero-order chi connectivity index (χ0) is 16.1. The molecule has 116 valence electrons. The van der Waals surface area contributed by atoms with Crippen LogP contribution in [0.5, 0.6) is 0 Å². The first-order valence-electron chi connectivity index (χ1n) is 3.81. The highest BCUT2D eigenvalue weighted by molar-refractivity contribution is 7.79. The molecule has 19 heavy (non-hydrogen) atoms. The van der Waals surface area contributed by atoms with Crippen molar-refractivity contribution < 1.29 is 62.5 Å². The van der Waals surface area contributed by atoms with Crippen molar-refractivity contribution in [2.24, 2.45) is 0 Å². The topological polar surface area (TPSA) is 250 Å². The van der Waals surface area contributed by atoms with E-state index in [1.807, 2.05) is 0 Å². The zero-order valence-electron chi connectivity index (χ0n) is 8.52. The predicted octanol–water partition coefficient (Wildman–Crippen LogP) is -2.33. The van der Waals surface area contributed by atoms with E-state index in [-0.39, 0.29) is 0 Å². The fourth-order valence-corrected chi connectivity index (χ4v) is 9.16. The molecule has 0 amide bonds. The third-order valence-electron chi connectivity index (χ3n) is 1.84. The van der Waals surface area contributed by atoms with Crippen LogP contribution in [0.15, 0.2) is 0 Å². The molecule has 0 heterocycles. The minimum absolute atomic E-state index is 3.99. The summed E-state index contributed by atoms with van der Waals surface area (Å²) in [5.41, 5.74) is 0. The lowest BCUT2D eigenvalue weighted by Gasteiger charge is -2.36. The first kappa shape index (κ1) is 19.6. The quantitative estimate of drug-likeness (QED) is 0.232. The summed E-state index contributed by atoms with van der Waals surface area (Å²) in [5.74, 6) is 0. The molecule has 0 rings (SSSR count). The maximum Gasteiger partial charge on any atom is 0.371 e. The maximum atomic E-state index is 10.9. The molecular weight excluding hydrogens is 356 g/mol. The summed E-state index contributed by atoms with van der Waals surface area (Å²) in [6.07, 6.45) is 0. The number of aliphatic hydroxyl groups is 1. The van der Waals surface area contributed by atoms with Gasteiger partial charge >= 0.3 is 30.4 Å². The molecule has 0 aliphatic heterocycles. The summed E-state index contributed by atoms with van der Waals surface area (Å²) < 4.78 is 43.5. The second-order valence-electron chi connectivity index (χ2n) is 3.33. The molecule has 0 saturated heterocycles. The Morgan fingerprint density at radius 1 is 0.632 bits per heavy atom. The Kier molecular flexibility index (Phi) is 5.23. The fraction of sp³-hybridized carbons (Fsp3) is 1.00. The van der Waals surface area contributed by atoms with Crippen molar-refractivity contribution in [3.63, 3.8) is 0 Å². The van der Waals surface area contributed by atoms with E-state index in [0.29, 0.717) is 0 Å². The minimum atomic E-state index is -6.45. The van der Waals surface area contributed by atoms with Gasteiger partial charge in [-0.2, -0.15) is 0 Å². The smallest absolute Gasteiger partial charge is 0.366 e. The van der Waals surface area contributed by atoms with Crippen LogP contribution < -0.4 is 0 Å². The molecule has 0 spiro atoms. The van der Waals surface area contributed by atoms with Crippen molar-refractivity contribution in [2.75, 3.05) is 0 Å². The van der Waals surface area contributed by atoms with Gasteiger partial charge in [0, 0.05) is 0 Å². The van der Waals surface area contributed by atoms with Gasteiger partial charge in [-0.25, -0.2) is 0 Å². The molecule has 9 N–H and O–H groups in total. The van der Waals surface area contributed by atoms with E-state index in [1.54, 1.807) is 0 Å². The largest absolute Gasteiger partial charge is 0.371 e. The minimum Gasteiger partial charge on any atom is -0.366 e. The van der Waals surface area contributed by atoms with E-state index < -0.39 is 40.9 Å². The molecule has 0 radical (unpaired) electrons. The average molecular weight is 366 g/mol. The van der Waals surface area contributed by atoms with Crippen LogP contribution in [0.3, 0.4) is 0 Å². The van der Waals surface area contributed by atoms with Crippen LogP contribution >= 0.6 is 30.4 Å². The lowest BCUT2D eigenvalue weighted by Crippen LogP contribution is -2.41. The second kappa shape index (κ2) is 5.08. The van der Waals surface area contributed by atoms with Gasteiger partial charge in [-0.05, 0) is 0 Å². The molecule has 0 aromatic carbocycles. The summed E-state index contributed by atoms with van der Waals surface area (Å²) >= 11 is 0. The molecule has 0 bridgehead atoms. The van der Waals surface area contributed by atoms with Crippen LogP contribution in [0.2, 0.25) is 0 Å². The van der Waals surface area contributed by atoms with Crippen molar-refractivity contribution in [1.82, 2.24) is 0 Å². The molecule has 0 aliphatic rings. The van der Waals surface area contributed by atoms with Gasteiger partial charge in [0.1, 0.15) is 0 Å². The summed E-state index contributed by atoms with van der Waals surface area (Å²) in [6.45, 7) is 0. The van der Waals surface area contributed by atoms with Gasteiger partial charge in [-0.3, -0.25) is 18.3 Å². The normalized spacial score (nSPS) is 15.9. The number of hydrogen-bond donors (Lipinski definition) is 9. The highest BCUT2D eigenvalue weighted by atomic mass is 31.3. The molecule has 17 heteroatoms. The van der Waals surface area contributed by atoms with Crippen LogP contribution in [0.1, 0.15) is 0 Å². The SMILES string of the molecule is O=P(O)(O)C(C(O)(P(=O)(O)O)P(=O)(O)O)P(=O)(O)O. The molecule has 13 nitrogen and oxygen atoms in total. The predicted molar refractivity (Wildman–Crippen MR) is 56.9 cm³/mol. The van der Waals surface area contributed by atoms with E-state index in [0.717, 1.165) is 0 Å². The Morgan fingerprint density at radius 2 is 0.842 bits per heavy atom. The number of hydrogen-bond acceptors (Lipinski definition) is 5. The van der Waals surface area contributed by atoms with Gasteiger partial charge in [-0.15, -0.1) is 0 Å². The van der Waals surface area contributed by atoms with E-state index >= 15 is 0 Å². The highest BCUT2D eigenvalue weighted by Gasteiger charge is 2.74. The van der Waals surface area contributed by atoms with Gasteiger partial charge in [-0.1, -0.05) is 0 Å². The first-order chi connectivity index (χ1) is 7.87. The van der Waals surface area contributed by atoms with Crippen LogP contribution in [0, 0.1) is 0 Å². The van der Waals surface area contributed by atoms with Crippen molar-refractivity contribution >= 4 is 30.4 Å². The summed E-state index contributed by atoms with van der Waals surface area (Å²) in [5, 5.41) is 0.381. The third kappa shape index (κ3) is 3.81. The van der Waals surface area contributed by atoms with Gasteiger partial charge in [0.2, 0.25) is 5.40 Å². The van der Waals surface area contributed by atoms with E-state index in [2.05, 4.69) is 0 Å². The second-order valence-corrected chi connectivity index (χ2v) is 11.0. The maximum absolute atomic E-state index is 10.9. The standard InChI is InChI=1S/C2H10O13P4/c3-2(18(10,11)12,19(13,14)15)1(16(4,5)6)17(7,8)9/h1,3H,(H2,4,5,6)(H2,7,8,9)(H2,10,11,12)(H2,13,14,15). The molecule has 0 aromatic heterocycles. The molecule has 0 aromatic rings. The lowest BCUT2D eigenvalue weighted by molar-refractivity contribution is 0.126. The highest BCUT2D eigenvalue weighted by Crippen LogP contribution is 2.80. The monoisotopic (exact) mass is 366 g/mol.